The molecule has 0 amide bonds. The summed E-state index contributed by atoms with van der Waals surface area (Å²) < 4.78 is 12.7. The molecule has 0 heterocycles. The maximum Gasteiger partial charge on any atom is 0.123 e. The van der Waals surface area contributed by atoms with Crippen molar-refractivity contribution < 1.29 is 4.39 Å². The lowest BCUT2D eigenvalue weighted by Gasteiger charge is -1.99. The standard InChI is InChI=1S/C17H17FS3/c18-17-9-7-16(8-10-17)14-21-20-12-4-11-19-13-15-5-2-1-3-6-15/h1-10,12H,11,13-14H2/b12-4-. The fourth-order valence-corrected chi connectivity index (χ4v) is 4.25. The van der Waals surface area contributed by atoms with Crippen molar-refractivity contribution in [1.82, 2.24) is 0 Å². The molecule has 4 heteroatoms. The normalized spacial score (nSPS) is 11.1. The molecule has 0 aliphatic rings. The minimum Gasteiger partial charge on any atom is -0.207 e. The van der Waals surface area contributed by atoms with Gasteiger partial charge in [-0.1, -0.05) is 70.1 Å². The van der Waals surface area contributed by atoms with Crippen molar-refractivity contribution in [2.24, 2.45) is 0 Å². The Balaban J connectivity index is 1.53. The van der Waals surface area contributed by atoms with Gasteiger partial charge in [-0.3, -0.25) is 0 Å². The Hall–Kier alpha value is -0.840. The van der Waals surface area contributed by atoms with Crippen molar-refractivity contribution in [3.05, 3.63) is 83.0 Å². The van der Waals surface area contributed by atoms with Crippen LogP contribution in [0.3, 0.4) is 0 Å². The molecule has 2 aromatic carbocycles. The third-order valence-corrected chi connectivity index (χ3v) is 5.64. The van der Waals surface area contributed by atoms with Gasteiger partial charge < -0.3 is 0 Å². The van der Waals surface area contributed by atoms with Gasteiger partial charge in [-0.15, -0.1) is 0 Å². The predicted molar refractivity (Wildman–Crippen MR) is 97.0 cm³/mol. The quantitative estimate of drug-likeness (QED) is 0.419. The number of halogens is 1. The van der Waals surface area contributed by atoms with Crippen LogP contribution in [0, 0.1) is 5.82 Å². The summed E-state index contributed by atoms with van der Waals surface area (Å²) >= 11 is 1.91. The summed E-state index contributed by atoms with van der Waals surface area (Å²) in [5.74, 6) is 2.80. The lowest BCUT2D eigenvalue weighted by Crippen LogP contribution is -1.79. The van der Waals surface area contributed by atoms with Crippen LogP contribution in [0.25, 0.3) is 0 Å². The first-order valence-electron chi connectivity index (χ1n) is 6.64. The second kappa shape index (κ2) is 9.98. The van der Waals surface area contributed by atoms with E-state index in [1.165, 1.54) is 17.7 Å². The molecule has 0 aliphatic heterocycles. The average Bonchev–Trinajstić information content (AvgIpc) is 2.53. The molecule has 0 radical (unpaired) electrons. The van der Waals surface area contributed by atoms with E-state index in [0.29, 0.717) is 0 Å². The SMILES string of the molecule is Fc1ccc(CSS/C=C\CSCc2ccccc2)cc1. The third kappa shape index (κ3) is 7.11. The molecule has 2 aromatic rings. The molecule has 0 aromatic heterocycles. The average molecular weight is 337 g/mol. The van der Waals surface area contributed by atoms with Crippen LogP contribution >= 0.6 is 33.3 Å². The Kier molecular flexibility index (Phi) is 7.86. The smallest absolute Gasteiger partial charge is 0.123 e. The van der Waals surface area contributed by atoms with Crippen LogP contribution in [0.2, 0.25) is 0 Å². The Labute approximate surface area is 138 Å². The maximum absolute atomic E-state index is 12.7. The number of benzene rings is 2. The molecule has 0 nitrogen and oxygen atoms in total. The summed E-state index contributed by atoms with van der Waals surface area (Å²) in [6.45, 7) is 0. The van der Waals surface area contributed by atoms with Crippen LogP contribution in [-0.2, 0) is 11.5 Å². The number of thioether (sulfide) groups is 1. The summed E-state index contributed by atoms with van der Waals surface area (Å²) in [7, 11) is 3.49. The zero-order chi connectivity index (χ0) is 14.8. The van der Waals surface area contributed by atoms with E-state index < -0.39 is 0 Å². The van der Waals surface area contributed by atoms with Gasteiger partial charge in [0.05, 0.1) is 0 Å². The van der Waals surface area contributed by atoms with Gasteiger partial charge in [0.15, 0.2) is 0 Å². The van der Waals surface area contributed by atoms with Gasteiger partial charge in [0.2, 0.25) is 0 Å². The van der Waals surface area contributed by atoms with Crippen LogP contribution in [0.15, 0.2) is 66.1 Å². The van der Waals surface area contributed by atoms with Gasteiger partial charge in [-0.2, -0.15) is 11.8 Å². The van der Waals surface area contributed by atoms with E-state index in [0.717, 1.165) is 22.8 Å². The number of rotatable bonds is 8. The van der Waals surface area contributed by atoms with Crippen molar-refractivity contribution in [1.29, 1.82) is 0 Å². The van der Waals surface area contributed by atoms with Gasteiger partial charge in [0.1, 0.15) is 5.82 Å². The summed E-state index contributed by atoms with van der Waals surface area (Å²) in [5.41, 5.74) is 2.52. The van der Waals surface area contributed by atoms with Gasteiger partial charge in [-0.25, -0.2) is 4.39 Å². The molecule has 0 saturated heterocycles. The molecule has 0 atom stereocenters. The summed E-state index contributed by atoms with van der Waals surface area (Å²) in [6, 6.07) is 17.2. The van der Waals surface area contributed by atoms with Crippen molar-refractivity contribution >= 4 is 33.3 Å². The van der Waals surface area contributed by atoms with E-state index >= 15 is 0 Å². The summed E-state index contributed by atoms with van der Waals surface area (Å²) in [4.78, 5) is 0. The van der Waals surface area contributed by atoms with E-state index in [2.05, 4.69) is 35.7 Å². The van der Waals surface area contributed by atoms with Gasteiger partial charge in [-0.05, 0) is 28.7 Å². The highest BCUT2D eigenvalue weighted by Gasteiger charge is 1.94. The maximum atomic E-state index is 12.7. The molecule has 0 aliphatic carbocycles. The fraction of sp³-hybridized carbons (Fsp3) is 0.176. The second-order valence-electron chi connectivity index (χ2n) is 4.36. The monoisotopic (exact) mass is 336 g/mol. The van der Waals surface area contributed by atoms with Crippen LogP contribution in [0.4, 0.5) is 4.39 Å². The Bertz CT molecular complexity index is 538. The predicted octanol–water partition coefficient (Wildman–Crippen LogP) is 6.15. The first-order valence-corrected chi connectivity index (χ1v) is 10.2. The van der Waals surface area contributed by atoms with Gasteiger partial charge in [0.25, 0.3) is 0 Å². The highest BCUT2D eigenvalue weighted by Crippen LogP contribution is 2.27. The van der Waals surface area contributed by atoms with Gasteiger partial charge in [0, 0.05) is 17.3 Å². The molecule has 0 saturated carbocycles. The molecule has 0 fully saturated rings. The van der Waals surface area contributed by atoms with Crippen LogP contribution in [-0.4, -0.2) is 5.75 Å². The Morgan fingerprint density at radius 3 is 2.33 bits per heavy atom. The van der Waals surface area contributed by atoms with Crippen LogP contribution in [0.1, 0.15) is 11.1 Å². The van der Waals surface area contributed by atoms with Crippen LogP contribution in [0.5, 0.6) is 0 Å². The minimum atomic E-state index is -0.174. The van der Waals surface area contributed by atoms with Gasteiger partial charge >= 0.3 is 0 Å². The number of hydrogen-bond donors (Lipinski definition) is 0. The van der Waals surface area contributed by atoms with Crippen molar-refractivity contribution in [3.63, 3.8) is 0 Å². The molecule has 0 bridgehead atoms. The Morgan fingerprint density at radius 2 is 1.57 bits per heavy atom. The van der Waals surface area contributed by atoms with Crippen LogP contribution < -0.4 is 0 Å². The zero-order valence-electron chi connectivity index (χ0n) is 11.6. The lowest BCUT2D eigenvalue weighted by molar-refractivity contribution is 0.627. The third-order valence-electron chi connectivity index (χ3n) is 2.68. The summed E-state index contributed by atoms with van der Waals surface area (Å²) in [5, 5.41) is 2.13. The van der Waals surface area contributed by atoms with Crippen molar-refractivity contribution in [2.45, 2.75) is 11.5 Å². The largest absolute Gasteiger partial charge is 0.207 e. The molecular formula is C17H17FS3. The topological polar surface area (TPSA) is 0 Å². The van der Waals surface area contributed by atoms with E-state index in [4.69, 9.17) is 0 Å². The van der Waals surface area contributed by atoms with Crippen molar-refractivity contribution in [2.75, 3.05) is 5.75 Å². The highest BCUT2D eigenvalue weighted by atomic mass is 33.1. The van der Waals surface area contributed by atoms with E-state index in [-0.39, 0.29) is 5.82 Å². The first kappa shape index (κ1) is 16.5. The summed E-state index contributed by atoms with van der Waals surface area (Å²) in [6.07, 6.45) is 2.19. The van der Waals surface area contributed by atoms with E-state index in [9.17, 15) is 4.39 Å². The molecule has 0 unspecified atom stereocenters. The molecule has 21 heavy (non-hydrogen) atoms. The van der Waals surface area contributed by atoms with E-state index in [1.807, 2.05) is 30.0 Å². The molecule has 2 rings (SSSR count). The molecule has 0 spiro atoms. The highest BCUT2D eigenvalue weighted by molar-refractivity contribution is 8.77. The minimum absolute atomic E-state index is 0.174. The molecular weight excluding hydrogens is 319 g/mol. The fourth-order valence-electron chi connectivity index (χ4n) is 1.62. The molecule has 110 valence electrons. The zero-order valence-corrected chi connectivity index (χ0v) is 14.0. The second-order valence-corrected chi connectivity index (χ2v) is 7.66. The number of hydrogen-bond acceptors (Lipinski definition) is 3. The molecule has 0 N–H and O–H groups in total. The van der Waals surface area contributed by atoms with Crippen molar-refractivity contribution in [3.8, 4) is 0 Å². The lowest BCUT2D eigenvalue weighted by atomic mass is 10.2. The Morgan fingerprint density at radius 1 is 0.857 bits per heavy atom. The van der Waals surface area contributed by atoms with E-state index in [1.54, 1.807) is 21.6 Å². The first-order chi connectivity index (χ1) is 10.3.